The van der Waals surface area contributed by atoms with Crippen molar-refractivity contribution in [2.45, 2.75) is 38.3 Å². The van der Waals surface area contributed by atoms with Crippen molar-refractivity contribution < 1.29 is 4.74 Å². The predicted octanol–water partition coefficient (Wildman–Crippen LogP) is 1.16. The summed E-state index contributed by atoms with van der Waals surface area (Å²) in [6.45, 7) is 4.30. The van der Waals surface area contributed by atoms with Gasteiger partial charge >= 0.3 is 0 Å². The normalized spacial score (nSPS) is 37.9. The van der Waals surface area contributed by atoms with Crippen LogP contribution in [0.1, 0.15) is 26.2 Å². The summed E-state index contributed by atoms with van der Waals surface area (Å²) in [5.41, 5.74) is 0. The Hall–Kier alpha value is -0.0800. The molecule has 2 rings (SSSR count). The standard InChI is InChI=1S/C9H17NO/c1-7-4-9(5-10-7)11-6-8-2-3-8/h7-10H,2-6H2,1H3. The Balaban J connectivity index is 1.62. The van der Waals surface area contributed by atoms with Crippen molar-refractivity contribution in [2.24, 2.45) is 5.92 Å². The third kappa shape index (κ3) is 2.17. The zero-order valence-electron chi connectivity index (χ0n) is 7.18. The van der Waals surface area contributed by atoms with Crippen LogP contribution in [0.3, 0.4) is 0 Å². The maximum atomic E-state index is 5.73. The minimum absolute atomic E-state index is 0.505. The first kappa shape index (κ1) is 7.56. The van der Waals surface area contributed by atoms with Crippen LogP contribution in [0.2, 0.25) is 0 Å². The fourth-order valence-electron chi connectivity index (χ4n) is 1.58. The second kappa shape index (κ2) is 3.11. The van der Waals surface area contributed by atoms with E-state index in [0.717, 1.165) is 19.1 Å². The Bertz CT molecular complexity index is 134. The van der Waals surface area contributed by atoms with Crippen LogP contribution in [-0.4, -0.2) is 25.3 Å². The average molecular weight is 155 g/mol. The van der Waals surface area contributed by atoms with Crippen molar-refractivity contribution in [1.82, 2.24) is 5.32 Å². The summed E-state index contributed by atoms with van der Waals surface area (Å²) >= 11 is 0. The average Bonchev–Trinajstić information content (AvgIpc) is 2.72. The molecule has 0 aromatic carbocycles. The molecule has 2 aliphatic rings. The van der Waals surface area contributed by atoms with Crippen LogP contribution in [0.15, 0.2) is 0 Å². The Labute approximate surface area is 68.3 Å². The summed E-state index contributed by atoms with van der Waals surface area (Å²) in [5, 5.41) is 3.39. The lowest BCUT2D eigenvalue weighted by Gasteiger charge is -2.09. The molecule has 1 heterocycles. The molecule has 2 atom stereocenters. The van der Waals surface area contributed by atoms with E-state index in [2.05, 4.69) is 12.2 Å². The highest BCUT2D eigenvalue weighted by molar-refractivity contribution is 4.80. The number of hydrogen-bond acceptors (Lipinski definition) is 2. The van der Waals surface area contributed by atoms with Crippen molar-refractivity contribution in [3.8, 4) is 0 Å². The molecule has 0 radical (unpaired) electrons. The molecule has 1 aliphatic heterocycles. The van der Waals surface area contributed by atoms with Gasteiger partial charge in [0.25, 0.3) is 0 Å². The minimum atomic E-state index is 0.505. The Morgan fingerprint density at radius 3 is 2.82 bits per heavy atom. The molecular formula is C9H17NO. The SMILES string of the molecule is CC1CC(OCC2CC2)CN1. The molecule has 1 saturated heterocycles. The summed E-state index contributed by atoms with van der Waals surface area (Å²) in [5.74, 6) is 0.908. The second-order valence-corrected chi connectivity index (χ2v) is 3.94. The van der Waals surface area contributed by atoms with Crippen LogP contribution in [-0.2, 0) is 4.74 Å². The first-order chi connectivity index (χ1) is 5.34. The van der Waals surface area contributed by atoms with Gasteiger partial charge in [-0.1, -0.05) is 0 Å². The molecule has 0 spiro atoms. The number of hydrogen-bond donors (Lipinski definition) is 1. The van der Waals surface area contributed by atoms with Crippen molar-refractivity contribution in [2.75, 3.05) is 13.2 Å². The van der Waals surface area contributed by atoms with E-state index in [4.69, 9.17) is 4.74 Å². The Morgan fingerprint density at radius 2 is 2.27 bits per heavy atom. The van der Waals surface area contributed by atoms with Gasteiger partial charge in [-0.25, -0.2) is 0 Å². The molecule has 1 aliphatic carbocycles. The van der Waals surface area contributed by atoms with E-state index in [1.165, 1.54) is 19.3 Å². The summed E-state index contributed by atoms with van der Waals surface area (Å²) in [6.07, 6.45) is 4.50. The molecule has 0 aromatic rings. The fraction of sp³-hybridized carbons (Fsp3) is 1.00. The molecule has 1 saturated carbocycles. The van der Waals surface area contributed by atoms with Crippen LogP contribution in [0.25, 0.3) is 0 Å². The molecule has 11 heavy (non-hydrogen) atoms. The first-order valence-electron chi connectivity index (χ1n) is 4.69. The van der Waals surface area contributed by atoms with Crippen LogP contribution < -0.4 is 5.32 Å². The fourth-order valence-corrected chi connectivity index (χ4v) is 1.58. The van der Waals surface area contributed by atoms with Gasteiger partial charge in [0.15, 0.2) is 0 Å². The van der Waals surface area contributed by atoms with Gasteiger partial charge in [-0.3, -0.25) is 0 Å². The Morgan fingerprint density at radius 1 is 1.45 bits per heavy atom. The van der Waals surface area contributed by atoms with E-state index in [1.54, 1.807) is 0 Å². The van der Waals surface area contributed by atoms with Crippen LogP contribution in [0, 0.1) is 5.92 Å². The van der Waals surface area contributed by atoms with E-state index in [0.29, 0.717) is 12.1 Å². The van der Waals surface area contributed by atoms with E-state index >= 15 is 0 Å². The van der Waals surface area contributed by atoms with Gasteiger partial charge in [0, 0.05) is 19.2 Å². The summed E-state index contributed by atoms with van der Waals surface area (Å²) in [6, 6.07) is 0.666. The van der Waals surface area contributed by atoms with E-state index in [-0.39, 0.29) is 0 Å². The Kier molecular flexibility index (Phi) is 2.14. The first-order valence-corrected chi connectivity index (χ1v) is 4.69. The highest BCUT2D eigenvalue weighted by atomic mass is 16.5. The summed E-state index contributed by atoms with van der Waals surface area (Å²) in [4.78, 5) is 0. The zero-order valence-corrected chi connectivity index (χ0v) is 7.18. The molecule has 0 bridgehead atoms. The monoisotopic (exact) mass is 155 g/mol. The highest BCUT2D eigenvalue weighted by Gasteiger charge is 2.26. The maximum Gasteiger partial charge on any atom is 0.0714 e. The molecule has 0 aromatic heterocycles. The number of nitrogens with one attached hydrogen (secondary N) is 1. The van der Waals surface area contributed by atoms with Crippen molar-refractivity contribution in [1.29, 1.82) is 0 Å². The quantitative estimate of drug-likeness (QED) is 0.660. The molecular weight excluding hydrogens is 138 g/mol. The molecule has 0 amide bonds. The van der Waals surface area contributed by atoms with Gasteiger partial charge in [-0.05, 0) is 32.1 Å². The largest absolute Gasteiger partial charge is 0.377 e. The highest BCUT2D eigenvalue weighted by Crippen LogP contribution is 2.29. The topological polar surface area (TPSA) is 21.3 Å². The lowest BCUT2D eigenvalue weighted by Crippen LogP contribution is -2.19. The third-order valence-electron chi connectivity index (χ3n) is 2.57. The molecule has 2 heteroatoms. The van der Waals surface area contributed by atoms with Gasteiger partial charge in [0.2, 0.25) is 0 Å². The molecule has 2 unspecified atom stereocenters. The summed E-state index contributed by atoms with van der Waals surface area (Å²) < 4.78 is 5.73. The predicted molar refractivity (Wildman–Crippen MR) is 44.5 cm³/mol. The van der Waals surface area contributed by atoms with E-state index in [9.17, 15) is 0 Å². The van der Waals surface area contributed by atoms with Crippen LogP contribution in [0.5, 0.6) is 0 Å². The summed E-state index contributed by atoms with van der Waals surface area (Å²) in [7, 11) is 0. The van der Waals surface area contributed by atoms with Gasteiger partial charge in [0.05, 0.1) is 6.10 Å². The maximum absolute atomic E-state index is 5.73. The van der Waals surface area contributed by atoms with Gasteiger partial charge in [-0.2, -0.15) is 0 Å². The lowest BCUT2D eigenvalue weighted by molar-refractivity contribution is 0.0581. The van der Waals surface area contributed by atoms with Crippen molar-refractivity contribution in [3.63, 3.8) is 0 Å². The van der Waals surface area contributed by atoms with Gasteiger partial charge in [0.1, 0.15) is 0 Å². The smallest absolute Gasteiger partial charge is 0.0714 e. The second-order valence-electron chi connectivity index (χ2n) is 3.94. The molecule has 1 N–H and O–H groups in total. The van der Waals surface area contributed by atoms with E-state index in [1.807, 2.05) is 0 Å². The zero-order chi connectivity index (χ0) is 7.68. The van der Waals surface area contributed by atoms with Gasteiger partial charge in [-0.15, -0.1) is 0 Å². The van der Waals surface area contributed by atoms with Gasteiger partial charge < -0.3 is 10.1 Å². The molecule has 2 nitrogen and oxygen atoms in total. The minimum Gasteiger partial charge on any atom is -0.377 e. The third-order valence-corrected chi connectivity index (χ3v) is 2.57. The van der Waals surface area contributed by atoms with Crippen LogP contribution >= 0.6 is 0 Å². The van der Waals surface area contributed by atoms with Crippen LogP contribution in [0.4, 0.5) is 0 Å². The lowest BCUT2D eigenvalue weighted by atomic mass is 10.2. The number of rotatable bonds is 3. The molecule has 2 fully saturated rings. The number of ether oxygens (including phenoxy) is 1. The molecule has 64 valence electrons. The van der Waals surface area contributed by atoms with Crippen molar-refractivity contribution >= 4 is 0 Å². The van der Waals surface area contributed by atoms with Crippen molar-refractivity contribution in [3.05, 3.63) is 0 Å². The van der Waals surface area contributed by atoms with E-state index < -0.39 is 0 Å².